The molecule has 0 saturated heterocycles. The topological polar surface area (TPSA) is 73.8 Å². The molecule has 0 radical (unpaired) electrons. The quantitative estimate of drug-likeness (QED) is 0.550. The molecule has 0 aliphatic heterocycles. The van der Waals surface area contributed by atoms with E-state index in [9.17, 15) is 9.18 Å². The largest absolute Gasteiger partial charge is 0.332 e. The van der Waals surface area contributed by atoms with Crippen LogP contribution >= 0.6 is 11.6 Å². The van der Waals surface area contributed by atoms with E-state index in [1.165, 1.54) is 29.1 Å². The van der Waals surface area contributed by atoms with E-state index in [-0.39, 0.29) is 28.4 Å². The summed E-state index contributed by atoms with van der Waals surface area (Å²) in [5.74, 6) is -0.530. The first kappa shape index (κ1) is 16.2. The van der Waals surface area contributed by atoms with Crippen LogP contribution in [-0.2, 0) is 0 Å². The Hall–Kier alpha value is -3.32. The minimum absolute atomic E-state index is 0.0301. The molecule has 0 bridgehead atoms. The van der Waals surface area contributed by atoms with Crippen LogP contribution < -0.4 is 5.43 Å². The van der Waals surface area contributed by atoms with Crippen LogP contribution in [0.1, 0.15) is 0 Å². The van der Waals surface area contributed by atoms with Gasteiger partial charge < -0.3 is 4.52 Å². The summed E-state index contributed by atoms with van der Waals surface area (Å²) in [6.07, 6.45) is 1.52. The lowest BCUT2D eigenvalue weighted by Gasteiger charge is -2.05. The van der Waals surface area contributed by atoms with E-state index in [1.807, 2.05) is 0 Å². The van der Waals surface area contributed by atoms with Crippen LogP contribution in [0.4, 0.5) is 4.39 Å². The molecule has 4 aromatic rings. The molecule has 0 aliphatic rings. The number of benzene rings is 2. The van der Waals surface area contributed by atoms with Gasteiger partial charge in [0.2, 0.25) is 11.3 Å². The van der Waals surface area contributed by atoms with Crippen molar-refractivity contribution in [3.05, 3.63) is 81.9 Å². The summed E-state index contributed by atoms with van der Waals surface area (Å²) in [5.41, 5.74) is 0.456. The molecule has 0 atom stereocenters. The average molecular weight is 369 g/mol. The van der Waals surface area contributed by atoms with Gasteiger partial charge in [-0.1, -0.05) is 28.9 Å². The zero-order valence-electron chi connectivity index (χ0n) is 13.1. The Morgan fingerprint density at radius 1 is 1.04 bits per heavy atom. The molecule has 0 saturated carbocycles. The van der Waals surface area contributed by atoms with Crippen LogP contribution in [0.5, 0.6) is 0 Å². The molecule has 2 heterocycles. The van der Waals surface area contributed by atoms with Gasteiger partial charge in [0.25, 0.3) is 5.89 Å². The fraction of sp³-hybridized carbons (Fsp3) is 0. The molecule has 0 spiro atoms. The standard InChI is InChI=1S/C18H10ClFN4O2/c19-11-5-7-12(8-6-11)24-10-9-15(25)16(22-24)18-21-17(23-26-18)13-3-1-2-4-14(13)20/h1-10H. The van der Waals surface area contributed by atoms with Crippen molar-refractivity contribution >= 4 is 11.6 Å². The van der Waals surface area contributed by atoms with Gasteiger partial charge in [0, 0.05) is 17.3 Å². The van der Waals surface area contributed by atoms with E-state index in [1.54, 1.807) is 36.4 Å². The molecule has 2 aromatic carbocycles. The highest BCUT2D eigenvalue weighted by atomic mass is 35.5. The summed E-state index contributed by atoms with van der Waals surface area (Å²) in [6, 6.07) is 14.3. The van der Waals surface area contributed by atoms with Crippen LogP contribution in [0.15, 0.2) is 70.1 Å². The summed E-state index contributed by atoms with van der Waals surface area (Å²) in [5, 5.41) is 8.57. The predicted octanol–water partition coefficient (Wildman–Crippen LogP) is 3.74. The molecule has 2 aromatic heterocycles. The van der Waals surface area contributed by atoms with Crippen LogP contribution in [0.3, 0.4) is 0 Å². The lowest BCUT2D eigenvalue weighted by atomic mass is 10.2. The van der Waals surface area contributed by atoms with Crippen molar-refractivity contribution in [2.75, 3.05) is 0 Å². The smallest absolute Gasteiger partial charge is 0.282 e. The first-order chi connectivity index (χ1) is 12.6. The summed E-state index contributed by atoms with van der Waals surface area (Å²) in [4.78, 5) is 16.3. The van der Waals surface area contributed by atoms with Crippen molar-refractivity contribution in [2.45, 2.75) is 0 Å². The molecule has 0 fully saturated rings. The van der Waals surface area contributed by atoms with Crippen LogP contribution in [0.2, 0.25) is 5.02 Å². The van der Waals surface area contributed by atoms with Gasteiger partial charge in [-0.25, -0.2) is 9.07 Å². The van der Waals surface area contributed by atoms with Gasteiger partial charge in [-0.2, -0.15) is 10.1 Å². The number of aromatic nitrogens is 4. The highest BCUT2D eigenvalue weighted by molar-refractivity contribution is 6.30. The van der Waals surface area contributed by atoms with Gasteiger partial charge in [-0.3, -0.25) is 4.79 Å². The lowest BCUT2D eigenvalue weighted by Crippen LogP contribution is -2.12. The van der Waals surface area contributed by atoms with Crippen molar-refractivity contribution in [1.29, 1.82) is 0 Å². The Balaban J connectivity index is 1.77. The summed E-state index contributed by atoms with van der Waals surface area (Å²) in [7, 11) is 0. The molecule has 26 heavy (non-hydrogen) atoms. The molecule has 4 rings (SSSR count). The zero-order chi connectivity index (χ0) is 18.1. The number of nitrogens with zero attached hydrogens (tertiary/aromatic N) is 4. The Kier molecular flexibility index (Phi) is 4.06. The Morgan fingerprint density at radius 2 is 1.81 bits per heavy atom. The van der Waals surface area contributed by atoms with Crippen LogP contribution in [0, 0.1) is 5.82 Å². The van der Waals surface area contributed by atoms with E-state index >= 15 is 0 Å². The normalized spacial score (nSPS) is 10.8. The van der Waals surface area contributed by atoms with Crippen molar-refractivity contribution in [1.82, 2.24) is 19.9 Å². The molecule has 6 nitrogen and oxygen atoms in total. The minimum atomic E-state index is -0.487. The second-order valence-electron chi connectivity index (χ2n) is 5.35. The maximum absolute atomic E-state index is 13.9. The number of halogens is 2. The first-order valence-corrected chi connectivity index (χ1v) is 7.94. The molecule has 0 amide bonds. The Labute approximate surface area is 151 Å². The van der Waals surface area contributed by atoms with Crippen molar-refractivity contribution < 1.29 is 8.91 Å². The van der Waals surface area contributed by atoms with E-state index in [0.29, 0.717) is 10.7 Å². The van der Waals surface area contributed by atoms with Crippen LogP contribution in [-0.4, -0.2) is 19.9 Å². The SMILES string of the molecule is O=c1ccn(-c2ccc(Cl)cc2)nc1-c1nc(-c2ccccc2F)no1. The monoisotopic (exact) mass is 368 g/mol. The van der Waals surface area contributed by atoms with E-state index in [0.717, 1.165) is 0 Å². The maximum atomic E-state index is 13.9. The highest BCUT2D eigenvalue weighted by Gasteiger charge is 2.17. The minimum Gasteiger partial charge on any atom is -0.332 e. The molecule has 0 unspecified atom stereocenters. The molecular weight excluding hydrogens is 359 g/mol. The van der Waals surface area contributed by atoms with Gasteiger partial charge in [0.05, 0.1) is 11.3 Å². The number of hydrogen-bond acceptors (Lipinski definition) is 5. The molecule has 0 aliphatic carbocycles. The van der Waals surface area contributed by atoms with Crippen LogP contribution in [0.25, 0.3) is 28.7 Å². The summed E-state index contributed by atoms with van der Waals surface area (Å²) < 4.78 is 20.5. The second-order valence-corrected chi connectivity index (χ2v) is 5.79. The van der Waals surface area contributed by atoms with Crippen molar-refractivity contribution in [2.24, 2.45) is 0 Å². The molecule has 0 N–H and O–H groups in total. The van der Waals surface area contributed by atoms with Gasteiger partial charge in [-0.05, 0) is 36.4 Å². The fourth-order valence-electron chi connectivity index (χ4n) is 2.36. The number of rotatable bonds is 3. The lowest BCUT2D eigenvalue weighted by molar-refractivity contribution is 0.429. The predicted molar refractivity (Wildman–Crippen MR) is 93.5 cm³/mol. The van der Waals surface area contributed by atoms with E-state index in [4.69, 9.17) is 16.1 Å². The van der Waals surface area contributed by atoms with E-state index < -0.39 is 5.82 Å². The molecule has 8 heteroatoms. The Bertz CT molecular complexity index is 1140. The van der Waals surface area contributed by atoms with E-state index in [2.05, 4.69) is 15.2 Å². The maximum Gasteiger partial charge on any atom is 0.282 e. The van der Waals surface area contributed by atoms with Gasteiger partial charge >= 0.3 is 0 Å². The summed E-state index contributed by atoms with van der Waals surface area (Å²) in [6.45, 7) is 0. The Morgan fingerprint density at radius 3 is 2.58 bits per heavy atom. The third-order valence-corrected chi connectivity index (χ3v) is 3.89. The van der Waals surface area contributed by atoms with Gasteiger partial charge in [0.1, 0.15) is 5.82 Å². The number of hydrogen-bond donors (Lipinski definition) is 0. The second kappa shape index (κ2) is 6.53. The molecule has 128 valence electrons. The van der Waals surface area contributed by atoms with Crippen molar-refractivity contribution in [3.63, 3.8) is 0 Å². The zero-order valence-corrected chi connectivity index (χ0v) is 13.9. The third-order valence-electron chi connectivity index (χ3n) is 3.64. The van der Waals surface area contributed by atoms with Gasteiger partial charge in [0.15, 0.2) is 5.69 Å². The highest BCUT2D eigenvalue weighted by Crippen LogP contribution is 2.22. The first-order valence-electron chi connectivity index (χ1n) is 7.57. The average Bonchev–Trinajstić information content (AvgIpc) is 3.13. The third kappa shape index (κ3) is 3.00. The van der Waals surface area contributed by atoms with Gasteiger partial charge in [-0.15, -0.1) is 0 Å². The fourth-order valence-corrected chi connectivity index (χ4v) is 2.49. The van der Waals surface area contributed by atoms with Crippen molar-refractivity contribution in [3.8, 4) is 28.7 Å². The molecular formula is C18H10ClFN4O2. The summed E-state index contributed by atoms with van der Waals surface area (Å²) >= 11 is 5.88.